The second-order valence-corrected chi connectivity index (χ2v) is 5.62. The monoisotopic (exact) mass is 351 g/mol. The summed E-state index contributed by atoms with van der Waals surface area (Å²) in [5.74, 6) is -0.883. The lowest BCUT2D eigenvalue weighted by molar-refractivity contribution is -0.150. The number of aliphatic hydroxyl groups is 1. The van der Waals surface area contributed by atoms with Gasteiger partial charge < -0.3 is 14.6 Å². The summed E-state index contributed by atoms with van der Waals surface area (Å²) in [5.41, 5.74) is -0.229. The topological polar surface area (TPSA) is 148 Å². The highest BCUT2D eigenvalue weighted by Gasteiger charge is 2.38. The van der Waals surface area contributed by atoms with Crippen molar-refractivity contribution in [3.63, 3.8) is 0 Å². The Morgan fingerprint density at radius 2 is 2.28 bits per heavy atom. The molecule has 0 bridgehead atoms. The van der Waals surface area contributed by atoms with Crippen LogP contribution in [0.5, 0.6) is 0 Å². The summed E-state index contributed by atoms with van der Waals surface area (Å²) in [6.07, 6.45) is -0.309. The van der Waals surface area contributed by atoms with Crippen LogP contribution in [-0.2, 0) is 19.1 Å². The molecular weight excluding hydrogens is 334 g/mol. The van der Waals surface area contributed by atoms with Crippen molar-refractivity contribution in [1.82, 2.24) is 19.5 Å². The number of aliphatic hydroxyl groups excluding tert-OH is 1. The van der Waals surface area contributed by atoms with Gasteiger partial charge in [0.2, 0.25) is 11.9 Å². The molecule has 1 saturated heterocycles. The van der Waals surface area contributed by atoms with Gasteiger partial charge in [-0.1, -0.05) is 0 Å². The number of anilines is 1. The molecule has 1 fully saturated rings. The summed E-state index contributed by atoms with van der Waals surface area (Å²) < 4.78 is 12.3. The van der Waals surface area contributed by atoms with Crippen LogP contribution < -0.4 is 10.9 Å². The van der Waals surface area contributed by atoms with E-state index < -0.39 is 30.0 Å². The molecule has 1 aliphatic heterocycles. The third-order valence-electron chi connectivity index (χ3n) is 3.71. The number of ether oxygens (including phenoxy) is 2. The zero-order valence-electron chi connectivity index (χ0n) is 13.6. The first-order chi connectivity index (χ1) is 11.9. The minimum absolute atomic E-state index is 0.0139. The number of rotatable bonds is 4. The third kappa shape index (κ3) is 3.37. The summed E-state index contributed by atoms with van der Waals surface area (Å²) in [4.78, 5) is 45.0. The van der Waals surface area contributed by atoms with E-state index in [0.29, 0.717) is 0 Å². The molecule has 11 heteroatoms. The maximum Gasteiger partial charge on any atom is 0.302 e. The number of amides is 1. The smallest absolute Gasteiger partial charge is 0.302 e. The van der Waals surface area contributed by atoms with E-state index in [4.69, 9.17) is 9.47 Å². The Morgan fingerprint density at radius 1 is 1.52 bits per heavy atom. The fraction of sp³-hybridized carbons (Fsp3) is 0.500. The predicted octanol–water partition coefficient (Wildman–Crippen LogP) is -0.710. The number of carbonyl (C=O) groups is 2. The number of imidazole rings is 1. The minimum atomic E-state index is -0.692. The van der Waals surface area contributed by atoms with Crippen LogP contribution in [0, 0.1) is 0 Å². The third-order valence-corrected chi connectivity index (χ3v) is 3.71. The number of esters is 1. The van der Waals surface area contributed by atoms with Crippen molar-refractivity contribution in [2.24, 2.45) is 0 Å². The number of hydrogen-bond acceptors (Lipinski definition) is 8. The molecule has 0 saturated carbocycles. The highest BCUT2D eigenvalue weighted by atomic mass is 16.6. The van der Waals surface area contributed by atoms with Crippen molar-refractivity contribution in [3.8, 4) is 0 Å². The second kappa shape index (κ2) is 6.61. The van der Waals surface area contributed by atoms with Gasteiger partial charge in [0, 0.05) is 20.3 Å². The van der Waals surface area contributed by atoms with Crippen molar-refractivity contribution in [2.45, 2.75) is 38.7 Å². The van der Waals surface area contributed by atoms with Gasteiger partial charge >= 0.3 is 5.97 Å². The largest absolute Gasteiger partial charge is 0.460 e. The normalized spacial score (nSPS) is 22.9. The molecule has 0 radical (unpaired) electrons. The molecule has 3 atom stereocenters. The van der Waals surface area contributed by atoms with Crippen molar-refractivity contribution >= 4 is 29.0 Å². The number of H-pyrrole nitrogens is 1. The first kappa shape index (κ1) is 17.0. The van der Waals surface area contributed by atoms with Crippen molar-refractivity contribution in [3.05, 3.63) is 16.7 Å². The maximum atomic E-state index is 12.1. The van der Waals surface area contributed by atoms with Crippen LogP contribution in [0.2, 0.25) is 0 Å². The van der Waals surface area contributed by atoms with Crippen LogP contribution in [0.1, 0.15) is 26.5 Å². The van der Waals surface area contributed by atoms with Crippen LogP contribution in [0.3, 0.4) is 0 Å². The number of aromatic nitrogens is 4. The summed E-state index contributed by atoms with van der Waals surface area (Å²) in [7, 11) is 0. The number of hydrogen-bond donors (Lipinski definition) is 3. The first-order valence-corrected chi connectivity index (χ1v) is 7.57. The molecule has 0 unspecified atom stereocenters. The Morgan fingerprint density at radius 3 is 2.92 bits per heavy atom. The standard InChI is InChI=1S/C14H17N5O6/c1-6(21)16-14-17-12-11(13(23)18-14)15-5-19(12)10-3-8(24-7(2)22)9(4-20)25-10/h5,8-10,20H,3-4H2,1-2H3,(H2,16,17,18,21,23)/t8-,9+,10+/m0/s1. The van der Waals surface area contributed by atoms with Gasteiger partial charge in [0.15, 0.2) is 11.2 Å². The molecule has 3 rings (SSSR count). The van der Waals surface area contributed by atoms with E-state index in [-0.39, 0.29) is 36.0 Å². The average molecular weight is 351 g/mol. The van der Waals surface area contributed by atoms with Crippen LogP contribution >= 0.6 is 0 Å². The molecular formula is C14H17N5O6. The van der Waals surface area contributed by atoms with Gasteiger partial charge in [-0.25, -0.2) is 4.98 Å². The Bertz CT molecular complexity index is 874. The highest BCUT2D eigenvalue weighted by molar-refractivity contribution is 5.87. The predicted molar refractivity (Wildman–Crippen MR) is 83.6 cm³/mol. The zero-order chi connectivity index (χ0) is 18.1. The number of fused-ring (bicyclic) bond motifs is 1. The van der Waals surface area contributed by atoms with Gasteiger partial charge in [-0.2, -0.15) is 4.98 Å². The van der Waals surface area contributed by atoms with Crippen molar-refractivity contribution < 1.29 is 24.2 Å². The molecule has 2 aromatic rings. The van der Waals surface area contributed by atoms with E-state index in [1.165, 1.54) is 24.7 Å². The molecule has 1 amide bonds. The second-order valence-electron chi connectivity index (χ2n) is 5.62. The van der Waals surface area contributed by atoms with Gasteiger partial charge in [-0.15, -0.1) is 0 Å². The van der Waals surface area contributed by atoms with E-state index in [2.05, 4.69) is 20.3 Å². The lowest BCUT2D eigenvalue weighted by atomic mass is 10.2. The van der Waals surface area contributed by atoms with E-state index in [9.17, 15) is 19.5 Å². The molecule has 0 aliphatic carbocycles. The average Bonchev–Trinajstić information content (AvgIpc) is 3.09. The Balaban J connectivity index is 1.96. The van der Waals surface area contributed by atoms with Gasteiger partial charge in [0.25, 0.3) is 5.56 Å². The lowest BCUT2D eigenvalue weighted by Gasteiger charge is -2.15. The number of carbonyl (C=O) groups excluding carboxylic acids is 2. The van der Waals surface area contributed by atoms with Crippen LogP contribution in [0.4, 0.5) is 5.95 Å². The van der Waals surface area contributed by atoms with Crippen molar-refractivity contribution in [2.75, 3.05) is 11.9 Å². The summed E-state index contributed by atoms with van der Waals surface area (Å²) in [5, 5.41) is 11.8. The SMILES string of the molecule is CC(=O)Nc1nc2c(ncn2[C@H]2C[C@H](OC(C)=O)[C@@H](CO)O2)c(=O)[nH]1. The van der Waals surface area contributed by atoms with E-state index in [1.54, 1.807) is 0 Å². The molecule has 3 heterocycles. The Hall–Kier alpha value is -2.79. The van der Waals surface area contributed by atoms with Crippen molar-refractivity contribution in [1.29, 1.82) is 0 Å². The molecule has 3 N–H and O–H groups in total. The highest BCUT2D eigenvalue weighted by Crippen LogP contribution is 2.32. The molecule has 11 nitrogen and oxygen atoms in total. The van der Waals surface area contributed by atoms with Gasteiger partial charge in [0.1, 0.15) is 18.4 Å². The minimum Gasteiger partial charge on any atom is -0.460 e. The van der Waals surface area contributed by atoms with Crippen LogP contribution in [-0.4, -0.2) is 55.3 Å². The molecule has 25 heavy (non-hydrogen) atoms. The van der Waals surface area contributed by atoms with Crippen LogP contribution in [0.15, 0.2) is 11.1 Å². The lowest BCUT2D eigenvalue weighted by Crippen LogP contribution is -2.29. The number of aromatic amines is 1. The number of nitrogens with zero attached hydrogens (tertiary/aromatic N) is 3. The van der Waals surface area contributed by atoms with E-state index in [0.717, 1.165) is 0 Å². The van der Waals surface area contributed by atoms with Gasteiger partial charge in [0.05, 0.1) is 12.9 Å². The van der Waals surface area contributed by atoms with E-state index in [1.807, 2.05) is 0 Å². The maximum absolute atomic E-state index is 12.1. The summed E-state index contributed by atoms with van der Waals surface area (Å²) in [6, 6.07) is 0. The molecule has 1 aliphatic rings. The molecule has 2 aromatic heterocycles. The van der Waals surface area contributed by atoms with Gasteiger partial charge in [-0.3, -0.25) is 29.3 Å². The summed E-state index contributed by atoms with van der Waals surface area (Å²) >= 11 is 0. The van der Waals surface area contributed by atoms with E-state index >= 15 is 0 Å². The molecule has 0 spiro atoms. The fourth-order valence-electron chi connectivity index (χ4n) is 2.74. The number of nitrogens with one attached hydrogen (secondary N) is 2. The quantitative estimate of drug-likeness (QED) is 0.612. The molecule has 0 aromatic carbocycles. The zero-order valence-corrected chi connectivity index (χ0v) is 13.6. The Kier molecular flexibility index (Phi) is 4.51. The fourth-order valence-corrected chi connectivity index (χ4v) is 2.74. The van der Waals surface area contributed by atoms with Crippen LogP contribution in [0.25, 0.3) is 11.2 Å². The molecule has 134 valence electrons. The van der Waals surface area contributed by atoms with Gasteiger partial charge in [-0.05, 0) is 0 Å². The Labute approximate surface area is 141 Å². The summed E-state index contributed by atoms with van der Waals surface area (Å²) in [6.45, 7) is 2.23. The first-order valence-electron chi connectivity index (χ1n) is 7.57.